The molecule has 0 spiro atoms. The number of benzene rings is 2. The van der Waals surface area contributed by atoms with Crippen LogP contribution in [0.25, 0.3) is 0 Å². The Balaban J connectivity index is 1.77. The van der Waals surface area contributed by atoms with Crippen molar-refractivity contribution in [2.75, 3.05) is 12.4 Å². The van der Waals surface area contributed by atoms with E-state index in [4.69, 9.17) is 13.7 Å². The number of carbonyl (C=O) groups excluding carboxylic acids is 2. The first-order chi connectivity index (χ1) is 18.7. The molecule has 0 aliphatic carbocycles. The van der Waals surface area contributed by atoms with Crippen LogP contribution < -0.4 is 14.8 Å². The summed E-state index contributed by atoms with van der Waals surface area (Å²) in [5.74, 6) is -1.07. The van der Waals surface area contributed by atoms with Crippen molar-refractivity contribution in [3.8, 4) is 5.75 Å². The van der Waals surface area contributed by atoms with E-state index in [2.05, 4.69) is 20.4 Å². The summed E-state index contributed by atoms with van der Waals surface area (Å²) in [7, 11) is -3.09. The van der Waals surface area contributed by atoms with Crippen molar-refractivity contribution in [2.24, 2.45) is 0 Å². The van der Waals surface area contributed by atoms with Gasteiger partial charge in [0.1, 0.15) is 28.1 Å². The van der Waals surface area contributed by atoms with Gasteiger partial charge in [0, 0.05) is 23.6 Å². The number of rotatable bonds is 7. The number of methoxy groups -OCH3 is 1. The molecule has 1 amide bonds. The minimum atomic E-state index is -4.23. The Kier molecular flexibility index (Phi) is 8.15. The number of carbonyl (C=O) groups is 2. The van der Waals surface area contributed by atoms with Gasteiger partial charge >= 0.3 is 22.4 Å². The van der Waals surface area contributed by atoms with E-state index in [0.29, 0.717) is 17.1 Å². The standard InChI is InChI=1S/C27H25N3O8S/c1-17-24(36-26(31)30-19-13-15-28-16-14-19)23(25(18(2)29-17)37-27(32)35-3)21-11-7-8-12-22(21)38-39(33,34)20-9-5-4-6-10-20/h4-16,23,29H,1-3H3,(H,28,30,31). The van der Waals surface area contributed by atoms with E-state index in [1.165, 1.54) is 30.6 Å². The Morgan fingerprint density at radius 1 is 0.872 bits per heavy atom. The molecule has 0 fully saturated rings. The van der Waals surface area contributed by atoms with E-state index in [-0.39, 0.29) is 27.7 Å². The molecule has 39 heavy (non-hydrogen) atoms. The van der Waals surface area contributed by atoms with E-state index in [9.17, 15) is 18.0 Å². The molecule has 0 saturated heterocycles. The van der Waals surface area contributed by atoms with Crippen LogP contribution in [0.5, 0.6) is 5.75 Å². The van der Waals surface area contributed by atoms with Gasteiger partial charge in [0.25, 0.3) is 0 Å². The number of aromatic nitrogens is 1. The van der Waals surface area contributed by atoms with E-state index in [1.807, 2.05) is 0 Å². The quantitative estimate of drug-likeness (QED) is 0.303. The molecule has 2 aromatic carbocycles. The van der Waals surface area contributed by atoms with E-state index in [0.717, 1.165) is 7.11 Å². The number of hydrogen-bond donors (Lipinski definition) is 2. The Morgan fingerprint density at radius 2 is 1.49 bits per heavy atom. The number of dihydropyridines is 1. The van der Waals surface area contributed by atoms with Crippen LogP contribution in [0.1, 0.15) is 25.3 Å². The zero-order valence-corrected chi connectivity index (χ0v) is 22.0. The fraction of sp³-hybridized carbons (Fsp3) is 0.148. The van der Waals surface area contributed by atoms with Crippen LogP contribution in [0, 0.1) is 0 Å². The van der Waals surface area contributed by atoms with Crippen molar-refractivity contribution in [1.82, 2.24) is 10.3 Å². The molecule has 0 saturated carbocycles. The molecule has 12 heteroatoms. The fourth-order valence-electron chi connectivity index (χ4n) is 3.87. The van der Waals surface area contributed by atoms with Gasteiger partial charge in [-0.2, -0.15) is 8.42 Å². The minimum Gasteiger partial charge on any atom is -0.437 e. The van der Waals surface area contributed by atoms with Gasteiger partial charge in [-0.1, -0.05) is 36.4 Å². The van der Waals surface area contributed by atoms with Crippen molar-refractivity contribution in [1.29, 1.82) is 0 Å². The predicted octanol–water partition coefficient (Wildman–Crippen LogP) is 5.03. The number of pyridine rings is 1. The number of para-hydroxylation sites is 1. The van der Waals surface area contributed by atoms with Gasteiger partial charge in [0.15, 0.2) is 0 Å². The van der Waals surface area contributed by atoms with E-state index >= 15 is 0 Å². The van der Waals surface area contributed by atoms with Gasteiger partial charge in [-0.3, -0.25) is 10.3 Å². The molecule has 202 valence electrons. The molecule has 0 bridgehead atoms. The molecule has 2 N–H and O–H groups in total. The monoisotopic (exact) mass is 551 g/mol. The first-order valence-corrected chi connectivity index (χ1v) is 13.0. The smallest absolute Gasteiger partial charge is 0.437 e. The van der Waals surface area contributed by atoms with Crippen LogP contribution in [0.4, 0.5) is 15.3 Å². The first kappa shape index (κ1) is 27.2. The zero-order valence-electron chi connectivity index (χ0n) is 21.2. The molecule has 1 atom stereocenters. The summed E-state index contributed by atoms with van der Waals surface area (Å²) >= 11 is 0. The van der Waals surface area contributed by atoms with Crippen molar-refractivity contribution >= 4 is 28.1 Å². The van der Waals surface area contributed by atoms with E-state index in [1.54, 1.807) is 62.4 Å². The molecular weight excluding hydrogens is 526 g/mol. The number of nitrogens with zero attached hydrogens (tertiary/aromatic N) is 1. The summed E-state index contributed by atoms with van der Waals surface area (Å²) in [4.78, 5) is 28.9. The van der Waals surface area contributed by atoms with Gasteiger partial charge in [0.05, 0.1) is 18.5 Å². The lowest BCUT2D eigenvalue weighted by Crippen LogP contribution is -2.30. The minimum absolute atomic E-state index is 0.0207. The summed E-state index contributed by atoms with van der Waals surface area (Å²) < 4.78 is 47.5. The highest BCUT2D eigenvalue weighted by atomic mass is 32.2. The highest BCUT2D eigenvalue weighted by Crippen LogP contribution is 2.43. The second-order valence-electron chi connectivity index (χ2n) is 8.23. The summed E-state index contributed by atoms with van der Waals surface area (Å²) in [5.41, 5.74) is 1.51. The van der Waals surface area contributed by atoms with Crippen LogP contribution in [-0.2, 0) is 24.3 Å². The van der Waals surface area contributed by atoms with Crippen molar-refractivity contribution < 1.29 is 36.4 Å². The summed E-state index contributed by atoms with van der Waals surface area (Å²) in [6, 6.07) is 17.1. The van der Waals surface area contributed by atoms with Gasteiger partial charge in [0.2, 0.25) is 0 Å². The maximum absolute atomic E-state index is 13.1. The Hall–Kier alpha value is -4.84. The van der Waals surface area contributed by atoms with Crippen LogP contribution in [0.3, 0.4) is 0 Å². The maximum atomic E-state index is 13.1. The Labute approximate surface area is 225 Å². The zero-order chi connectivity index (χ0) is 28.0. The molecule has 0 radical (unpaired) electrons. The molecular formula is C27H25N3O8S. The van der Waals surface area contributed by atoms with Crippen molar-refractivity contribution in [2.45, 2.75) is 24.7 Å². The first-order valence-electron chi connectivity index (χ1n) is 11.6. The third-order valence-electron chi connectivity index (χ3n) is 5.59. The third-order valence-corrected chi connectivity index (χ3v) is 6.84. The second-order valence-corrected chi connectivity index (χ2v) is 9.78. The van der Waals surface area contributed by atoms with E-state index < -0.39 is 28.3 Å². The fourth-order valence-corrected chi connectivity index (χ4v) is 4.84. The van der Waals surface area contributed by atoms with Crippen LogP contribution >= 0.6 is 0 Å². The largest absolute Gasteiger partial charge is 0.513 e. The van der Waals surface area contributed by atoms with Gasteiger partial charge < -0.3 is 23.7 Å². The van der Waals surface area contributed by atoms with Gasteiger partial charge in [-0.25, -0.2) is 9.59 Å². The van der Waals surface area contributed by atoms with Crippen LogP contribution in [0.15, 0.2) is 107 Å². The number of allylic oxidation sites excluding steroid dienone is 2. The second kappa shape index (κ2) is 11.7. The maximum Gasteiger partial charge on any atom is 0.513 e. The SMILES string of the molecule is COC(=O)OC1=C(C)NC(C)=C(OC(=O)Nc2ccncc2)C1c1ccccc1OS(=O)(=O)c1ccccc1. The summed E-state index contributed by atoms with van der Waals surface area (Å²) in [6.07, 6.45) is 1.14. The average Bonchev–Trinajstić information content (AvgIpc) is 2.92. The van der Waals surface area contributed by atoms with Gasteiger partial charge in [-0.15, -0.1) is 0 Å². The lowest BCUT2D eigenvalue weighted by molar-refractivity contribution is 0.0891. The number of hydrogen-bond acceptors (Lipinski definition) is 10. The molecule has 3 aromatic rings. The summed E-state index contributed by atoms with van der Waals surface area (Å²) in [5, 5.41) is 5.62. The Morgan fingerprint density at radius 3 is 2.15 bits per heavy atom. The Bertz CT molecular complexity index is 1540. The van der Waals surface area contributed by atoms with Gasteiger partial charge in [-0.05, 0) is 44.2 Å². The number of amides is 1. The highest BCUT2D eigenvalue weighted by molar-refractivity contribution is 7.87. The van der Waals surface area contributed by atoms with Crippen LogP contribution in [0.2, 0.25) is 0 Å². The topological polar surface area (TPSA) is 142 Å². The molecule has 11 nitrogen and oxygen atoms in total. The summed E-state index contributed by atoms with van der Waals surface area (Å²) in [6.45, 7) is 3.30. The molecule has 1 aliphatic heterocycles. The lowest BCUT2D eigenvalue weighted by Gasteiger charge is -2.31. The number of anilines is 1. The average molecular weight is 552 g/mol. The normalized spacial score (nSPS) is 15.2. The lowest BCUT2D eigenvalue weighted by atomic mass is 9.90. The van der Waals surface area contributed by atoms with Crippen LogP contribution in [-0.4, -0.2) is 32.8 Å². The third kappa shape index (κ3) is 6.36. The van der Waals surface area contributed by atoms with Crippen molar-refractivity contribution in [3.05, 3.63) is 108 Å². The number of nitrogens with one attached hydrogen (secondary N) is 2. The molecule has 1 unspecified atom stereocenters. The predicted molar refractivity (Wildman–Crippen MR) is 140 cm³/mol. The number of ether oxygens (including phenoxy) is 3. The highest BCUT2D eigenvalue weighted by Gasteiger charge is 2.37. The molecule has 1 aromatic heterocycles. The molecule has 4 rings (SSSR count). The molecule has 1 aliphatic rings. The van der Waals surface area contributed by atoms with Crippen molar-refractivity contribution in [3.63, 3.8) is 0 Å². The molecule has 2 heterocycles.